The highest BCUT2D eigenvalue weighted by Crippen LogP contribution is 2.42. The van der Waals surface area contributed by atoms with Crippen LogP contribution in [0, 0.1) is 0 Å². The van der Waals surface area contributed by atoms with E-state index in [1.54, 1.807) is 0 Å². The van der Waals surface area contributed by atoms with Gasteiger partial charge < -0.3 is 15.4 Å². The Hall–Kier alpha value is -3.09. The number of aromatic amines is 1. The predicted molar refractivity (Wildman–Crippen MR) is 83.6 cm³/mol. The van der Waals surface area contributed by atoms with E-state index in [4.69, 9.17) is 0 Å². The molecule has 0 amide bonds. The lowest BCUT2D eigenvalue weighted by molar-refractivity contribution is 0.0923. The second kappa shape index (κ2) is 4.25. The minimum atomic E-state index is -0.215. The second-order valence-corrected chi connectivity index (χ2v) is 6.33. The fourth-order valence-electron chi connectivity index (χ4n) is 4.25. The molecule has 0 unspecified atom stereocenters. The molecule has 0 aliphatic heterocycles. The Bertz CT molecular complexity index is 1170. The standard InChI is InChI=1S/C17H13N3O4/c21-10-6-11(22)14-12(10)7-2-1-3-8(7)16-15(14)13-9(19-23)4-5-20(24)17(13)18-16/h4-5,18,23-24H,1-3,6H2. The van der Waals surface area contributed by atoms with Crippen LogP contribution in [-0.2, 0) is 12.8 Å². The van der Waals surface area contributed by atoms with Crippen LogP contribution >= 0.6 is 0 Å². The van der Waals surface area contributed by atoms with Crippen molar-refractivity contribution >= 4 is 33.5 Å². The smallest absolute Gasteiger partial charge is 0.172 e. The maximum absolute atomic E-state index is 12.5. The summed E-state index contributed by atoms with van der Waals surface area (Å²) in [7, 11) is 0. The Balaban J connectivity index is 2.16. The van der Waals surface area contributed by atoms with Crippen LogP contribution in [0.5, 0.6) is 0 Å². The van der Waals surface area contributed by atoms with Gasteiger partial charge in [0.25, 0.3) is 0 Å². The third-order valence-corrected chi connectivity index (χ3v) is 5.15. The van der Waals surface area contributed by atoms with Crippen LogP contribution in [0.25, 0.3) is 21.9 Å². The van der Waals surface area contributed by atoms with E-state index in [2.05, 4.69) is 10.1 Å². The molecule has 2 heterocycles. The summed E-state index contributed by atoms with van der Waals surface area (Å²) in [4.78, 5) is 28.1. The summed E-state index contributed by atoms with van der Waals surface area (Å²) in [5.74, 6) is -0.354. The first-order valence-corrected chi connectivity index (χ1v) is 7.80. The lowest BCUT2D eigenvalue weighted by Crippen LogP contribution is -2.07. The molecule has 0 atom stereocenters. The van der Waals surface area contributed by atoms with Crippen molar-refractivity contribution < 1.29 is 20.0 Å². The zero-order valence-electron chi connectivity index (χ0n) is 12.6. The monoisotopic (exact) mass is 323 g/mol. The SMILES string of the molecule is O=C1CC(=O)c2c1c1c(c3[nH]c4c(c(=NO)ccn4O)c23)CCC1. The fraction of sp³-hybridized carbons (Fsp3) is 0.235. The first-order chi connectivity index (χ1) is 11.6. The summed E-state index contributed by atoms with van der Waals surface area (Å²) in [6.07, 6.45) is 3.75. The van der Waals surface area contributed by atoms with Gasteiger partial charge in [0.2, 0.25) is 0 Å². The molecule has 120 valence electrons. The van der Waals surface area contributed by atoms with Crippen LogP contribution in [0.3, 0.4) is 0 Å². The van der Waals surface area contributed by atoms with Crippen molar-refractivity contribution in [3.63, 3.8) is 0 Å². The van der Waals surface area contributed by atoms with Crippen molar-refractivity contribution in [2.24, 2.45) is 5.16 Å². The van der Waals surface area contributed by atoms with Crippen LogP contribution in [-0.4, -0.2) is 31.7 Å². The number of nitrogens with one attached hydrogen (secondary N) is 1. The number of aromatic nitrogens is 2. The number of Topliss-reactive ketones (excluding diaryl/α,β-unsaturated/α-hetero) is 2. The van der Waals surface area contributed by atoms with E-state index in [9.17, 15) is 20.0 Å². The van der Waals surface area contributed by atoms with Crippen molar-refractivity contribution in [2.75, 3.05) is 0 Å². The summed E-state index contributed by atoms with van der Waals surface area (Å²) in [6.45, 7) is 0. The molecule has 7 nitrogen and oxygen atoms in total. The molecule has 0 saturated carbocycles. The first kappa shape index (κ1) is 13.4. The number of hydrogen-bond donors (Lipinski definition) is 3. The van der Waals surface area contributed by atoms with Crippen LogP contribution in [0.15, 0.2) is 17.4 Å². The number of nitrogens with zero attached hydrogens (tertiary/aromatic N) is 2. The van der Waals surface area contributed by atoms with Crippen LogP contribution in [0.1, 0.15) is 44.7 Å². The number of rotatable bonds is 0. The zero-order chi connectivity index (χ0) is 16.6. The summed E-state index contributed by atoms with van der Waals surface area (Å²) in [6, 6.07) is 1.45. The van der Waals surface area contributed by atoms with Crippen LogP contribution in [0.2, 0.25) is 0 Å². The normalized spacial score (nSPS) is 17.2. The van der Waals surface area contributed by atoms with Gasteiger partial charge >= 0.3 is 0 Å². The van der Waals surface area contributed by atoms with E-state index in [0.717, 1.165) is 40.6 Å². The molecule has 7 heteroatoms. The molecule has 0 saturated heterocycles. The average molecular weight is 323 g/mol. The Labute approximate surface area is 134 Å². The molecule has 3 N–H and O–H groups in total. The Morgan fingerprint density at radius 1 is 1.08 bits per heavy atom. The van der Waals surface area contributed by atoms with E-state index in [1.807, 2.05) is 0 Å². The van der Waals surface area contributed by atoms with Gasteiger partial charge in [-0.1, -0.05) is 5.16 Å². The average Bonchev–Trinajstić information content (AvgIpc) is 3.23. The van der Waals surface area contributed by atoms with Gasteiger partial charge in [0.15, 0.2) is 17.2 Å². The van der Waals surface area contributed by atoms with Gasteiger partial charge in [-0.05, 0) is 36.5 Å². The van der Waals surface area contributed by atoms with Crippen LogP contribution < -0.4 is 5.36 Å². The molecule has 2 aliphatic rings. The Kier molecular flexibility index (Phi) is 2.37. The van der Waals surface area contributed by atoms with E-state index < -0.39 is 0 Å². The van der Waals surface area contributed by atoms with E-state index in [-0.39, 0.29) is 23.3 Å². The number of carbonyl (C=O) groups excluding carboxylic acids is 2. The molecule has 24 heavy (non-hydrogen) atoms. The van der Waals surface area contributed by atoms with Crippen molar-refractivity contribution in [3.05, 3.63) is 39.9 Å². The molecule has 0 radical (unpaired) electrons. The predicted octanol–water partition coefficient (Wildman–Crippen LogP) is 1.91. The maximum Gasteiger partial charge on any atom is 0.172 e. The third-order valence-electron chi connectivity index (χ3n) is 5.15. The molecule has 2 aromatic heterocycles. The minimum Gasteiger partial charge on any atom is -0.427 e. The van der Waals surface area contributed by atoms with Gasteiger partial charge in [-0.15, -0.1) is 0 Å². The summed E-state index contributed by atoms with van der Waals surface area (Å²) < 4.78 is 0.902. The lowest BCUT2D eigenvalue weighted by atomic mass is 9.94. The van der Waals surface area contributed by atoms with Crippen molar-refractivity contribution in [1.29, 1.82) is 0 Å². The number of pyridine rings is 1. The molecular formula is C17H13N3O4. The molecule has 3 aromatic rings. The van der Waals surface area contributed by atoms with Crippen molar-refractivity contribution in [2.45, 2.75) is 25.7 Å². The van der Waals surface area contributed by atoms with Gasteiger partial charge in [-0.3, -0.25) is 9.59 Å². The maximum atomic E-state index is 12.5. The van der Waals surface area contributed by atoms with E-state index in [0.29, 0.717) is 27.5 Å². The number of H-pyrrole nitrogens is 1. The number of aryl methyl sites for hydroxylation is 1. The van der Waals surface area contributed by atoms with Gasteiger partial charge in [0, 0.05) is 22.7 Å². The number of ketones is 2. The van der Waals surface area contributed by atoms with Gasteiger partial charge in [0.1, 0.15) is 5.36 Å². The highest BCUT2D eigenvalue weighted by atomic mass is 16.5. The van der Waals surface area contributed by atoms with Crippen LogP contribution in [0.4, 0.5) is 0 Å². The molecule has 0 bridgehead atoms. The number of hydrogen-bond acceptors (Lipinski definition) is 5. The molecular weight excluding hydrogens is 310 g/mol. The molecule has 0 fully saturated rings. The van der Waals surface area contributed by atoms with E-state index in [1.165, 1.54) is 12.3 Å². The van der Waals surface area contributed by atoms with Crippen molar-refractivity contribution in [1.82, 2.24) is 9.71 Å². The topological polar surface area (TPSA) is 108 Å². The third kappa shape index (κ3) is 1.40. The highest BCUT2D eigenvalue weighted by molar-refractivity contribution is 6.32. The molecule has 5 rings (SSSR count). The number of fused-ring (bicyclic) bond motifs is 8. The van der Waals surface area contributed by atoms with E-state index >= 15 is 0 Å². The minimum absolute atomic E-state index is 0.120. The van der Waals surface area contributed by atoms with Gasteiger partial charge in [-0.25, -0.2) is 0 Å². The van der Waals surface area contributed by atoms with Gasteiger partial charge in [-0.2, -0.15) is 4.73 Å². The lowest BCUT2D eigenvalue weighted by Gasteiger charge is -2.08. The molecule has 1 aromatic carbocycles. The zero-order valence-corrected chi connectivity index (χ0v) is 12.6. The highest BCUT2D eigenvalue weighted by Gasteiger charge is 2.37. The molecule has 2 aliphatic carbocycles. The second-order valence-electron chi connectivity index (χ2n) is 6.33. The van der Waals surface area contributed by atoms with Gasteiger partial charge in [0.05, 0.1) is 17.3 Å². The number of benzene rings is 1. The van der Waals surface area contributed by atoms with Crippen molar-refractivity contribution in [3.8, 4) is 0 Å². The first-order valence-electron chi connectivity index (χ1n) is 7.80. The summed E-state index contributed by atoms with van der Waals surface area (Å²) in [5.41, 5.74) is 3.99. The quantitative estimate of drug-likeness (QED) is 0.254. The summed E-state index contributed by atoms with van der Waals surface area (Å²) >= 11 is 0. The largest absolute Gasteiger partial charge is 0.427 e. The Morgan fingerprint density at radius 3 is 2.62 bits per heavy atom. The Morgan fingerprint density at radius 2 is 1.83 bits per heavy atom. The molecule has 0 spiro atoms. The number of carbonyl (C=O) groups is 2. The fourth-order valence-corrected chi connectivity index (χ4v) is 4.25. The summed E-state index contributed by atoms with van der Waals surface area (Å²) in [5, 5.41) is 24.0.